The molecule has 0 aromatic heterocycles. The lowest BCUT2D eigenvalue weighted by Gasteiger charge is -2.06. The number of ether oxygens (including phenoxy) is 2. The normalized spacial score (nSPS) is 15.6. The van der Waals surface area contributed by atoms with E-state index in [0.29, 0.717) is 22.4 Å². The summed E-state index contributed by atoms with van der Waals surface area (Å²) in [4.78, 5) is 13.2. The van der Waals surface area contributed by atoms with E-state index in [2.05, 4.69) is 5.10 Å². The number of thioether (sulfide) groups is 1. The molecule has 0 unspecified atom stereocenters. The maximum atomic E-state index is 12.6. The zero-order valence-electron chi connectivity index (χ0n) is 15.6. The highest BCUT2D eigenvalue weighted by Gasteiger charge is 2.32. The quantitative estimate of drug-likeness (QED) is 0.374. The van der Waals surface area contributed by atoms with Gasteiger partial charge in [-0.25, -0.2) is 0 Å². The minimum Gasteiger partial charge on any atom is -0.494 e. The van der Waals surface area contributed by atoms with Crippen molar-refractivity contribution >= 4 is 46.5 Å². The molecule has 0 N–H and O–H groups in total. The molecular weight excluding hydrogens is 392 g/mol. The number of carbonyl (C=O) groups excluding carboxylic acids is 1. The first kappa shape index (κ1) is 20.1. The highest BCUT2D eigenvalue weighted by atomic mass is 32.2. The molecule has 5 nitrogen and oxygen atoms in total. The van der Waals surface area contributed by atoms with E-state index in [9.17, 15) is 4.79 Å². The third-order valence-electron chi connectivity index (χ3n) is 3.78. The van der Waals surface area contributed by atoms with Crippen LogP contribution in [0.5, 0.6) is 11.5 Å². The topological polar surface area (TPSA) is 51.1 Å². The third kappa shape index (κ3) is 4.99. The van der Waals surface area contributed by atoms with Crippen molar-refractivity contribution in [3.8, 4) is 11.5 Å². The molecule has 0 radical (unpaired) electrons. The summed E-state index contributed by atoms with van der Waals surface area (Å²) in [6.45, 7) is 5.10. The largest absolute Gasteiger partial charge is 0.494 e. The van der Waals surface area contributed by atoms with Gasteiger partial charge in [0.25, 0.3) is 5.91 Å². The fraction of sp³-hybridized carbons (Fsp3) is 0.190. The molecule has 2 aromatic rings. The molecule has 0 spiro atoms. The van der Waals surface area contributed by atoms with Crippen molar-refractivity contribution in [3.05, 3.63) is 64.6 Å². The average molecular weight is 413 g/mol. The van der Waals surface area contributed by atoms with Crippen LogP contribution >= 0.6 is 24.0 Å². The van der Waals surface area contributed by atoms with Gasteiger partial charge in [-0.1, -0.05) is 23.9 Å². The molecule has 1 aliphatic rings. The predicted octanol–water partition coefficient (Wildman–Crippen LogP) is 4.72. The zero-order valence-corrected chi connectivity index (χ0v) is 17.3. The Morgan fingerprint density at radius 3 is 2.04 bits per heavy atom. The molecule has 144 valence electrons. The maximum Gasteiger partial charge on any atom is 0.286 e. The predicted molar refractivity (Wildman–Crippen MR) is 118 cm³/mol. The van der Waals surface area contributed by atoms with E-state index in [1.165, 1.54) is 16.8 Å². The van der Waals surface area contributed by atoms with Crippen LogP contribution in [0.3, 0.4) is 0 Å². The Bertz CT molecular complexity index is 906. The second-order valence-electron chi connectivity index (χ2n) is 5.74. The number of benzene rings is 2. The number of thiocarbonyl (C=S) groups is 1. The Morgan fingerprint density at radius 2 is 1.50 bits per heavy atom. The number of nitrogens with zero attached hydrogens (tertiary/aromatic N) is 2. The van der Waals surface area contributed by atoms with Crippen LogP contribution in [0.4, 0.5) is 0 Å². The van der Waals surface area contributed by atoms with Gasteiger partial charge in [0.05, 0.1) is 24.3 Å². The fourth-order valence-corrected chi connectivity index (χ4v) is 3.65. The molecule has 2 aromatic carbocycles. The number of hydrogen-bond donors (Lipinski definition) is 0. The SMILES string of the molecule is CCOc1ccc(/C=C2\SC(=S)N(/N=C/c3ccc(OCC)cc3)C2=O)cc1. The van der Waals surface area contributed by atoms with Crippen molar-refractivity contribution in [2.24, 2.45) is 5.10 Å². The zero-order chi connectivity index (χ0) is 19.9. The molecule has 0 atom stereocenters. The van der Waals surface area contributed by atoms with Crippen molar-refractivity contribution < 1.29 is 14.3 Å². The summed E-state index contributed by atoms with van der Waals surface area (Å²) in [5, 5.41) is 5.50. The van der Waals surface area contributed by atoms with Crippen molar-refractivity contribution in [2.75, 3.05) is 13.2 Å². The first-order valence-electron chi connectivity index (χ1n) is 8.88. The molecule has 3 rings (SSSR count). The molecule has 1 heterocycles. The van der Waals surface area contributed by atoms with E-state index >= 15 is 0 Å². The lowest BCUT2D eigenvalue weighted by molar-refractivity contribution is -0.122. The maximum absolute atomic E-state index is 12.6. The van der Waals surface area contributed by atoms with Crippen molar-refractivity contribution in [1.82, 2.24) is 5.01 Å². The van der Waals surface area contributed by atoms with E-state index in [4.69, 9.17) is 21.7 Å². The third-order valence-corrected chi connectivity index (χ3v) is 5.06. The van der Waals surface area contributed by atoms with Gasteiger partial charge >= 0.3 is 0 Å². The van der Waals surface area contributed by atoms with Gasteiger partial charge in [0.1, 0.15) is 11.5 Å². The Labute approximate surface area is 174 Å². The monoisotopic (exact) mass is 412 g/mol. The minimum absolute atomic E-state index is 0.230. The van der Waals surface area contributed by atoms with Gasteiger partial charge in [-0.05, 0) is 79.7 Å². The van der Waals surface area contributed by atoms with Gasteiger partial charge in [0.2, 0.25) is 0 Å². The van der Waals surface area contributed by atoms with E-state index in [1.807, 2.05) is 62.4 Å². The molecule has 1 fully saturated rings. The number of hydrazone groups is 1. The molecule has 7 heteroatoms. The van der Waals surface area contributed by atoms with Crippen LogP contribution in [0.15, 0.2) is 58.5 Å². The van der Waals surface area contributed by atoms with Crippen LogP contribution in [0.25, 0.3) is 6.08 Å². The smallest absolute Gasteiger partial charge is 0.286 e. The Hall–Kier alpha value is -2.64. The van der Waals surface area contributed by atoms with Crippen LogP contribution in [0.2, 0.25) is 0 Å². The van der Waals surface area contributed by atoms with Gasteiger partial charge in [0.15, 0.2) is 4.32 Å². The van der Waals surface area contributed by atoms with Gasteiger partial charge in [0, 0.05) is 0 Å². The molecule has 0 aliphatic carbocycles. The van der Waals surface area contributed by atoms with E-state index < -0.39 is 0 Å². The second-order valence-corrected chi connectivity index (χ2v) is 7.42. The van der Waals surface area contributed by atoms with Crippen LogP contribution in [0.1, 0.15) is 25.0 Å². The van der Waals surface area contributed by atoms with Crippen LogP contribution in [0, 0.1) is 0 Å². The summed E-state index contributed by atoms with van der Waals surface area (Å²) >= 11 is 6.55. The summed E-state index contributed by atoms with van der Waals surface area (Å²) in [7, 11) is 0. The molecule has 0 bridgehead atoms. The Balaban J connectivity index is 1.70. The lowest BCUT2D eigenvalue weighted by atomic mass is 10.2. The highest BCUT2D eigenvalue weighted by molar-refractivity contribution is 8.26. The lowest BCUT2D eigenvalue weighted by Crippen LogP contribution is -2.22. The summed E-state index contributed by atoms with van der Waals surface area (Å²) < 4.78 is 11.3. The van der Waals surface area contributed by atoms with Gasteiger partial charge in [-0.15, -0.1) is 0 Å². The van der Waals surface area contributed by atoms with Gasteiger partial charge in [-0.3, -0.25) is 4.79 Å². The van der Waals surface area contributed by atoms with Crippen molar-refractivity contribution in [3.63, 3.8) is 0 Å². The number of rotatable bonds is 7. The van der Waals surface area contributed by atoms with Crippen LogP contribution < -0.4 is 9.47 Å². The first-order chi connectivity index (χ1) is 13.6. The summed E-state index contributed by atoms with van der Waals surface area (Å²) in [6.07, 6.45) is 3.42. The standard InChI is InChI=1S/C21H20N2O3S2/c1-3-25-17-9-5-15(6-10-17)13-19-20(24)23(21(27)28-19)22-14-16-7-11-18(12-8-16)26-4-2/h5-14H,3-4H2,1-2H3/b19-13-,22-14+. The molecule has 1 aliphatic heterocycles. The molecule has 28 heavy (non-hydrogen) atoms. The van der Waals surface area contributed by atoms with Crippen molar-refractivity contribution in [1.29, 1.82) is 0 Å². The number of amides is 1. The fourth-order valence-electron chi connectivity index (χ4n) is 2.48. The first-order valence-corrected chi connectivity index (χ1v) is 10.1. The summed E-state index contributed by atoms with van der Waals surface area (Å²) in [6, 6.07) is 15.0. The van der Waals surface area contributed by atoms with E-state index in [1.54, 1.807) is 12.3 Å². The van der Waals surface area contributed by atoms with Crippen molar-refractivity contribution in [2.45, 2.75) is 13.8 Å². The molecule has 1 saturated heterocycles. The molecule has 0 saturated carbocycles. The summed E-state index contributed by atoms with van der Waals surface area (Å²) in [5.74, 6) is 1.36. The van der Waals surface area contributed by atoms with Gasteiger partial charge < -0.3 is 9.47 Å². The summed E-state index contributed by atoms with van der Waals surface area (Å²) in [5.41, 5.74) is 1.76. The number of carbonyl (C=O) groups is 1. The van der Waals surface area contributed by atoms with Crippen LogP contribution in [-0.4, -0.2) is 34.7 Å². The van der Waals surface area contributed by atoms with E-state index in [-0.39, 0.29) is 5.91 Å². The Kier molecular flexibility index (Phi) is 6.84. The van der Waals surface area contributed by atoms with Gasteiger partial charge in [-0.2, -0.15) is 10.1 Å². The van der Waals surface area contributed by atoms with Crippen LogP contribution in [-0.2, 0) is 4.79 Å². The highest BCUT2D eigenvalue weighted by Crippen LogP contribution is 2.33. The Morgan fingerprint density at radius 1 is 0.964 bits per heavy atom. The molecular formula is C21H20N2O3S2. The van der Waals surface area contributed by atoms with E-state index in [0.717, 1.165) is 22.6 Å². The number of hydrogen-bond acceptors (Lipinski definition) is 6. The average Bonchev–Trinajstić information content (AvgIpc) is 2.96. The molecule has 1 amide bonds. The minimum atomic E-state index is -0.230. The second kappa shape index (κ2) is 9.52.